The molecule has 0 aliphatic carbocycles. The molecule has 1 atom stereocenters. The third-order valence-corrected chi connectivity index (χ3v) is 4.36. The summed E-state index contributed by atoms with van der Waals surface area (Å²) in [5.41, 5.74) is 1.90. The molecule has 0 radical (unpaired) electrons. The first kappa shape index (κ1) is 18.9. The second-order valence-corrected chi connectivity index (χ2v) is 6.16. The molecule has 2 rings (SSSR count). The summed E-state index contributed by atoms with van der Waals surface area (Å²) in [6, 6.07) is 12.9. The van der Waals surface area contributed by atoms with E-state index in [-0.39, 0.29) is 12.1 Å². The lowest BCUT2D eigenvalue weighted by molar-refractivity contribution is 0.241. The first-order valence-corrected chi connectivity index (χ1v) is 8.54. The predicted octanol–water partition coefficient (Wildman–Crippen LogP) is 4.50. The summed E-state index contributed by atoms with van der Waals surface area (Å²) in [5.74, 6) is 1.28. The smallest absolute Gasteiger partial charge is 0.319 e. The highest BCUT2D eigenvalue weighted by Crippen LogP contribution is 2.29. The molecule has 0 bridgehead atoms. The van der Waals surface area contributed by atoms with Crippen LogP contribution in [0.5, 0.6) is 11.5 Å². The van der Waals surface area contributed by atoms with Crippen LogP contribution in [-0.4, -0.2) is 20.3 Å². The molecular weight excluding hydrogens is 384 g/mol. The van der Waals surface area contributed by atoms with Gasteiger partial charge in [-0.1, -0.05) is 40.2 Å². The van der Waals surface area contributed by atoms with Crippen LogP contribution in [0, 0.1) is 0 Å². The van der Waals surface area contributed by atoms with Gasteiger partial charge >= 0.3 is 6.03 Å². The topological polar surface area (TPSA) is 59.6 Å². The maximum atomic E-state index is 12.0. The third kappa shape index (κ3) is 5.26. The first-order chi connectivity index (χ1) is 12.0. The minimum absolute atomic E-state index is 0.184. The molecule has 1 unspecified atom stereocenters. The van der Waals surface area contributed by atoms with E-state index < -0.39 is 0 Å². The van der Waals surface area contributed by atoms with Crippen molar-refractivity contribution in [2.45, 2.75) is 13.0 Å². The van der Waals surface area contributed by atoms with E-state index in [0.717, 1.165) is 15.6 Å². The van der Waals surface area contributed by atoms with Crippen molar-refractivity contribution in [3.8, 4) is 11.5 Å². The van der Waals surface area contributed by atoms with Crippen LogP contribution in [0.25, 0.3) is 6.08 Å². The highest BCUT2D eigenvalue weighted by molar-refractivity contribution is 9.10. The van der Waals surface area contributed by atoms with Gasteiger partial charge < -0.3 is 20.1 Å². The Morgan fingerprint density at radius 1 is 1.12 bits per heavy atom. The van der Waals surface area contributed by atoms with Crippen LogP contribution in [0.4, 0.5) is 4.79 Å². The van der Waals surface area contributed by atoms with Crippen molar-refractivity contribution in [1.82, 2.24) is 10.6 Å². The Kier molecular flexibility index (Phi) is 6.89. The number of hydrogen-bond acceptors (Lipinski definition) is 3. The van der Waals surface area contributed by atoms with Gasteiger partial charge in [0.2, 0.25) is 0 Å². The van der Waals surface area contributed by atoms with Gasteiger partial charge in [-0.2, -0.15) is 0 Å². The van der Waals surface area contributed by atoms with Crippen LogP contribution in [0.15, 0.2) is 53.1 Å². The molecule has 25 heavy (non-hydrogen) atoms. The van der Waals surface area contributed by atoms with E-state index in [1.807, 2.05) is 55.5 Å². The van der Waals surface area contributed by atoms with Crippen molar-refractivity contribution in [1.29, 1.82) is 0 Å². The molecule has 0 fully saturated rings. The number of halogens is 1. The lowest BCUT2D eigenvalue weighted by Crippen LogP contribution is -2.34. The molecule has 6 heteroatoms. The standard InChI is InChI=1S/C19H21BrN2O3/c1-13(15-8-9-17(24-2)18(12-15)25-3)22-19(23)21-11-10-14-6-4-5-7-16(14)20/h4-13H,1-3H3,(H2,21,22,23)/b11-10+. The molecule has 5 nitrogen and oxygen atoms in total. The number of hydrogen-bond donors (Lipinski definition) is 2. The van der Waals surface area contributed by atoms with Gasteiger partial charge in [0, 0.05) is 10.7 Å². The van der Waals surface area contributed by atoms with E-state index in [9.17, 15) is 4.79 Å². The minimum atomic E-state index is -0.286. The average molecular weight is 405 g/mol. The normalized spacial score (nSPS) is 11.8. The summed E-state index contributed by atoms with van der Waals surface area (Å²) in [4.78, 5) is 12.0. The molecule has 0 saturated heterocycles. The highest BCUT2D eigenvalue weighted by atomic mass is 79.9. The van der Waals surface area contributed by atoms with E-state index in [4.69, 9.17) is 9.47 Å². The fraction of sp³-hybridized carbons (Fsp3) is 0.211. The number of amides is 2. The van der Waals surface area contributed by atoms with Crippen LogP contribution in [0.3, 0.4) is 0 Å². The van der Waals surface area contributed by atoms with Gasteiger partial charge in [0.25, 0.3) is 0 Å². The van der Waals surface area contributed by atoms with E-state index in [1.165, 1.54) is 0 Å². The third-order valence-electron chi connectivity index (χ3n) is 3.64. The molecular formula is C19H21BrN2O3. The minimum Gasteiger partial charge on any atom is -0.493 e. The number of nitrogens with one attached hydrogen (secondary N) is 2. The summed E-state index contributed by atoms with van der Waals surface area (Å²) in [7, 11) is 3.17. The van der Waals surface area contributed by atoms with E-state index in [1.54, 1.807) is 20.4 Å². The Hall–Kier alpha value is -2.47. The summed E-state index contributed by atoms with van der Waals surface area (Å²) < 4.78 is 11.5. The van der Waals surface area contributed by atoms with E-state index in [2.05, 4.69) is 26.6 Å². The Bertz CT molecular complexity index is 762. The first-order valence-electron chi connectivity index (χ1n) is 7.75. The maximum absolute atomic E-state index is 12.0. The monoisotopic (exact) mass is 404 g/mol. The zero-order valence-corrected chi connectivity index (χ0v) is 16.0. The van der Waals surface area contributed by atoms with Crippen molar-refractivity contribution in [3.63, 3.8) is 0 Å². The van der Waals surface area contributed by atoms with Crippen molar-refractivity contribution >= 4 is 28.0 Å². The molecule has 0 aliphatic heterocycles. The van der Waals surface area contributed by atoms with Gasteiger partial charge in [0.1, 0.15) is 0 Å². The van der Waals surface area contributed by atoms with Crippen LogP contribution >= 0.6 is 15.9 Å². The van der Waals surface area contributed by atoms with Crippen molar-refractivity contribution in [2.24, 2.45) is 0 Å². The van der Waals surface area contributed by atoms with Crippen LogP contribution in [-0.2, 0) is 0 Å². The lowest BCUT2D eigenvalue weighted by Gasteiger charge is -2.16. The Labute approximate surface area is 156 Å². The molecule has 0 aliphatic rings. The lowest BCUT2D eigenvalue weighted by atomic mass is 10.1. The quantitative estimate of drug-likeness (QED) is 0.744. The zero-order valence-electron chi connectivity index (χ0n) is 14.4. The average Bonchev–Trinajstić information content (AvgIpc) is 2.62. The molecule has 0 aromatic heterocycles. The van der Waals surface area contributed by atoms with Gasteiger partial charge in [0.15, 0.2) is 11.5 Å². The van der Waals surface area contributed by atoms with Crippen molar-refractivity contribution < 1.29 is 14.3 Å². The number of carbonyl (C=O) groups excluding carboxylic acids is 1. The van der Waals surface area contributed by atoms with Crippen LogP contribution in [0.1, 0.15) is 24.1 Å². The molecule has 0 saturated carbocycles. The van der Waals surface area contributed by atoms with Crippen LogP contribution in [0.2, 0.25) is 0 Å². The van der Waals surface area contributed by atoms with E-state index in [0.29, 0.717) is 11.5 Å². The predicted molar refractivity (Wildman–Crippen MR) is 103 cm³/mol. The number of rotatable bonds is 6. The number of urea groups is 1. The Morgan fingerprint density at radius 3 is 2.52 bits per heavy atom. The summed E-state index contributed by atoms with van der Waals surface area (Å²) in [6.45, 7) is 1.90. The highest BCUT2D eigenvalue weighted by Gasteiger charge is 2.12. The van der Waals surface area contributed by atoms with Crippen molar-refractivity contribution in [2.75, 3.05) is 14.2 Å². The van der Waals surface area contributed by atoms with Gasteiger partial charge in [0.05, 0.1) is 20.3 Å². The fourth-order valence-electron chi connectivity index (χ4n) is 2.26. The second kappa shape index (κ2) is 9.13. The van der Waals surface area contributed by atoms with Crippen molar-refractivity contribution in [3.05, 3.63) is 64.3 Å². The number of carbonyl (C=O) groups is 1. The molecule has 2 aromatic carbocycles. The largest absolute Gasteiger partial charge is 0.493 e. The molecule has 2 N–H and O–H groups in total. The molecule has 132 valence electrons. The SMILES string of the molecule is COc1ccc(C(C)NC(=O)N/C=C/c2ccccc2Br)cc1OC. The Morgan fingerprint density at radius 2 is 1.84 bits per heavy atom. The number of methoxy groups -OCH3 is 2. The zero-order chi connectivity index (χ0) is 18.2. The Balaban J connectivity index is 1.95. The van der Waals surface area contributed by atoms with Gasteiger partial charge in [-0.25, -0.2) is 4.79 Å². The fourth-order valence-corrected chi connectivity index (χ4v) is 2.68. The van der Waals surface area contributed by atoms with Gasteiger partial charge in [-0.05, 0) is 42.3 Å². The van der Waals surface area contributed by atoms with E-state index >= 15 is 0 Å². The van der Waals surface area contributed by atoms with Gasteiger partial charge in [-0.15, -0.1) is 0 Å². The van der Waals surface area contributed by atoms with Gasteiger partial charge in [-0.3, -0.25) is 0 Å². The molecule has 2 aromatic rings. The van der Waals surface area contributed by atoms with Crippen LogP contribution < -0.4 is 20.1 Å². The summed E-state index contributed by atoms with van der Waals surface area (Å²) >= 11 is 3.46. The number of benzene rings is 2. The second-order valence-electron chi connectivity index (χ2n) is 5.31. The number of ether oxygens (including phenoxy) is 2. The molecule has 0 heterocycles. The molecule has 0 spiro atoms. The maximum Gasteiger partial charge on any atom is 0.319 e. The molecule has 2 amide bonds. The summed E-state index contributed by atoms with van der Waals surface area (Å²) in [5, 5.41) is 5.58. The summed E-state index contributed by atoms with van der Waals surface area (Å²) in [6.07, 6.45) is 3.43.